The van der Waals surface area contributed by atoms with Crippen LogP contribution < -0.4 is 5.73 Å². The number of rotatable bonds is 6. The van der Waals surface area contributed by atoms with E-state index in [0.29, 0.717) is 12.6 Å². The summed E-state index contributed by atoms with van der Waals surface area (Å²) in [6, 6.07) is 15.8. The summed E-state index contributed by atoms with van der Waals surface area (Å²) in [5.41, 5.74) is 7.43. The van der Waals surface area contributed by atoms with E-state index in [1.165, 1.54) is 16.3 Å². The van der Waals surface area contributed by atoms with Gasteiger partial charge in [-0.3, -0.25) is 4.90 Å². The van der Waals surface area contributed by atoms with Gasteiger partial charge >= 0.3 is 0 Å². The lowest BCUT2D eigenvalue weighted by Gasteiger charge is -2.35. The van der Waals surface area contributed by atoms with E-state index in [-0.39, 0.29) is 5.41 Å². The van der Waals surface area contributed by atoms with Crippen LogP contribution in [0.15, 0.2) is 42.5 Å². The number of fused-ring (bicyclic) bond motifs is 1. The maximum Gasteiger partial charge on any atom is 0.0320 e. The monoisotopic (exact) mass is 284 g/mol. The molecule has 0 saturated heterocycles. The highest BCUT2D eigenvalue weighted by Gasteiger charge is 2.23. The number of benzene rings is 2. The molecule has 0 radical (unpaired) electrons. The second kappa shape index (κ2) is 6.59. The van der Waals surface area contributed by atoms with Crippen molar-refractivity contribution >= 4 is 10.8 Å². The molecular weight excluding hydrogens is 256 g/mol. The first-order valence-electron chi connectivity index (χ1n) is 7.89. The molecule has 114 valence electrons. The van der Waals surface area contributed by atoms with E-state index in [4.69, 9.17) is 5.73 Å². The minimum atomic E-state index is 0.154. The highest BCUT2D eigenvalue weighted by Crippen LogP contribution is 2.27. The maximum atomic E-state index is 5.90. The van der Waals surface area contributed by atoms with Crippen LogP contribution in [0.4, 0.5) is 0 Å². The van der Waals surface area contributed by atoms with Gasteiger partial charge in [-0.1, -0.05) is 57.2 Å². The van der Waals surface area contributed by atoms with Gasteiger partial charge in [0.05, 0.1) is 0 Å². The van der Waals surface area contributed by atoms with Crippen LogP contribution in [0.2, 0.25) is 0 Å². The molecule has 0 fully saturated rings. The van der Waals surface area contributed by atoms with Gasteiger partial charge in [0.25, 0.3) is 0 Å². The van der Waals surface area contributed by atoms with Crippen LogP contribution in [-0.2, 0) is 0 Å². The smallest absolute Gasteiger partial charge is 0.0320 e. The van der Waals surface area contributed by atoms with E-state index in [0.717, 1.165) is 13.1 Å². The summed E-state index contributed by atoms with van der Waals surface area (Å²) in [6.45, 7) is 11.8. The minimum absolute atomic E-state index is 0.154. The summed E-state index contributed by atoms with van der Waals surface area (Å²) >= 11 is 0. The first kappa shape index (κ1) is 16.0. The molecule has 2 rings (SSSR count). The molecule has 1 atom stereocenters. The average molecular weight is 284 g/mol. The molecule has 0 bridgehead atoms. The third-order valence-corrected chi connectivity index (χ3v) is 4.39. The van der Waals surface area contributed by atoms with Crippen molar-refractivity contribution in [2.24, 2.45) is 11.1 Å². The van der Waals surface area contributed by atoms with E-state index in [2.05, 4.69) is 75.1 Å². The molecule has 1 unspecified atom stereocenters. The summed E-state index contributed by atoms with van der Waals surface area (Å²) in [4.78, 5) is 2.51. The largest absolute Gasteiger partial charge is 0.330 e. The molecule has 2 aromatic carbocycles. The van der Waals surface area contributed by atoms with Crippen molar-refractivity contribution in [2.45, 2.75) is 33.7 Å². The topological polar surface area (TPSA) is 29.3 Å². The number of hydrogen-bond donors (Lipinski definition) is 1. The zero-order valence-corrected chi connectivity index (χ0v) is 13.8. The molecule has 2 heteroatoms. The highest BCUT2D eigenvalue weighted by molar-refractivity contribution is 5.83. The van der Waals surface area contributed by atoms with Crippen molar-refractivity contribution in [2.75, 3.05) is 19.6 Å². The Hall–Kier alpha value is -1.38. The summed E-state index contributed by atoms with van der Waals surface area (Å²) in [7, 11) is 0. The zero-order valence-electron chi connectivity index (χ0n) is 13.8. The van der Waals surface area contributed by atoms with Crippen molar-refractivity contribution in [3.8, 4) is 0 Å². The summed E-state index contributed by atoms with van der Waals surface area (Å²) < 4.78 is 0. The van der Waals surface area contributed by atoms with Crippen LogP contribution in [0.1, 0.15) is 39.3 Å². The fraction of sp³-hybridized carbons (Fsp3) is 0.474. The Bertz CT molecular complexity index is 589. The van der Waals surface area contributed by atoms with E-state index in [1.54, 1.807) is 0 Å². The second-order valence-corrected chi connectivity index (χ2v) is 6.71. The third-order valence-electron chi connectivity index (χ3n) is 4.39. The van der Waals surface area contributed by atoms with Crippen LogP contribution in [-0.4, -0.2) is 24.5 Å². The maximum absolute atomic E-state index is 5.90. The van der Waals surface area contributed by atoms with Crippen LogP contribution in [0.3, 0.4) is 0 Å². The molecule has 2 aromatic rings. The Balaban J connectivity index is 2.24. The van der Waals surface area contributed by atoms with Gasteiger partial charge in [-0.2, -0.15) is 0 Å². The summed E-state index contributed by atoms with van der Waals surface area (Å²) in [5.74, 6) is 0. The summed E-state index contributed by atoms with van der Waals surface area (Å²) in [6.07, 6.45) is 0. The first-order valence-corrected chi connectivity index (χ1v) is 7.89. The van der Waals surface area contributed by atoms with E-state index in [9.17, 15) is 0 Å². The molecular formula is C19H28N2. The minimum Gasteiger partial charge on any atom is -0.330 e. The van der Waals surface area contributed by atoms with Crippen molar-refractivity contribution in [3.63, 3.8) is 0 Å². The lowest BCUT2D eigenvalue weighted by atomic mass is 9.91. The Morgan fingerprint density at radius 3 is 2.38 bits per heavy atom. The van der Waals surface area contributed by atoms with Crippen molar-refractivity contribution in [1.29, 1.82) is 0 Å². The highest BCUT2D eigenvalue weighted by atomic mass is 15.2. The van der Waals surface area contributed by atoms with Crippen LogP contribution in [0, 0.1) is 5.41 Å². The predicted octanol–water partition coefficient (Wildman–Crippen LogP) is 4.21. The van der Waals surface area contributed by atoms with Gasteiger partial charge in [-0.15, -0.1) is 0 Å². The SMILES string of the molecule is CCN(CC(C)(C)CN)C(C)c1ccc2ccccc2c1. The molecule has 21 heavy (non-hydrogen) atoms. The van der Waals surface area contributed by atoms with Crippen molar-refractivity contribution in [3.05, 3.63) is 48.0 Å². The lowest BCUT2D eigenvalue weighted by Crippen LogP contribution is -2.39. The molecule has 0 aromatic heterocycles. The van der Waals surface area contributed by atoms with Gasteiger partial charge in [-0.05, 0) is 47.8 Å². The zero-order chi connectivity index (χ0) is 15.5. The fourth-order valence-electron chi connectivity index (χ4n) is 2.82. The van der Waals surface area contributed by atoms with Gasteiger partial charge in [0, 0.05) is 12.6 Å². The van der Waals surface area contributed by atoms with Gasteiger partial charge in [0.1, 0.15) is 0 Å². The quantitative estimate of drug-likeness (QED) is 0.861. The van der Waals surface area contributed by atoms with Crippen molar-refractivity contribution in [1.82, 2.24) is 4.90 Å². The number of nitrogens with zero attached hydrogens (tertiary/aromatic N) is 1. The van der Waals surface area contributed by atoms with Gasteiger partial charge in [0.15, 0.2) is 0 Å². The van der Waals surface area contributed by atoms with Gasteiger partial charge < -0.3 is 5.73 Å². The molecule has 0 aliphatic carbocycles. The Kier molecular flexibility index (Phi) is 5.02. The summed E-state index contributed by atoms with van der Waals surface area (Å²) in [5, 5.41) is 2.62. The predicted molar refractivity (Wildman–Crippen MR) is 92.4 cm³/mol. The molecule has 0 aliphatic heterocycles. The average Bonchev–Trinajstić information content (AvgIpc) is 2.51. The van der Waals surface area contributed by atoms with Gasteiger partial charge in [0.2, 0.25) is 0 Å². The molecule has 0 heterocycles. The first-order chi connectivity index (χ1) is 9.96. The molecule has 0 spiro atoms. The number of hydrogen-bond acceptors (Lipinski definition) is 2. The Morgan fingerprint density at radius 2 is 1.76 bits per heavy atom. The lowest BCUT2D eigenvalue weighted by molar-refractivity contribution is 0.148. The molecule has 0 saturated carbocycles. The molecule has 2 nitrogen and oxygen atoms in total. The van der Waals surface area contributed by atoms with E-state index >= 15 is 0 Å². The molecule has 0 amide bonds. The van der Waals surface area contributed by atoms with Crippen LogP contribution >= 0.6 is 0 Å². The van der Waals surface area contributed by atoms with Crippen LogP contribution in [0.5, 0.6) is 0 Å². The van der Waals surface area contributed by atoms with E-state index in [1.807, 2.05) is 0 Å². The molecule has 0 aliphatic rings. The number of nitrogens with two attached hydrogens (primary N) is 1. The molecule has 2 N–H and O–H groups in total. The Labute approximate surface area is 128 Å². The normalized spacial score (nSPS) is 13.8. The van der Waals surface area contributed by atoms with E-state index < -0.39 is 0 Å². The van der Waals surface area contributed by atoms with Crippen molar-refractivity contribution < 1.29 is 0 Å². The second-order valence-electron chi connectivity index (χ2n) is 6.71. The van der Waals surface area contributed by atoms with Crippen LogP contribution in [0.25, 0.3) is 10.8 Å². The fourth-order valence-corrected chi connectivity index (χ4v) is 2.82. The Morgan fingerprint density at radius 1 is 1.10 bits per heavy atom. The third kappa shape index (κ3) is 3.84. The standard InChI is InChI=1S/C19H28N2/c1-5-21(14-19(3,4)13-20)15(2)17-11-10-16-8-6-7-9-18(16)12-17/h6-12,15H,5,13-14,20H2,1-4H3. The van der Waals surface area contributed by atoms with Gasteiger partial charge in [-0.25, -0.2) is 0 Å².